The number of piperidine rings is 1. The van der Waals surface area contributed by atoms with Crippen molar-refractivity contribution in [2.75, 3.05) is 43.1 Å². The number of nitrogens with two attached hydrogens (primary N) is 1. The van der Waals surface area contributed by atoms with Gasteiger partial charge in [-0.3, -0.25) is 4.98 Å². The summed E-state index contributed by atoms with van der Waals surface area (Å²) in [7, 11) is 0. The van der Waals surface area contributed by atoms with Crippen molar-refractivity contribution in [1.29, 1.82) is 5.26 Å². The van der Waals surface area contributed by atoms with Gasteiger partial charge in [-0.05, 0) is 18.2 Å². The van der Waals surface area contributed by atoms with Crippen molar-refractivity contribution in [3.8, 4) is 23.1 Å². The fourth-order valence-electron chi connectivity index (χ4n) is 5.86. The highest BCUT2D eigenvalue weighted by atomic mass is 19.1. The number of pyridine rings is 1. The van der Waals surface area contributed by atoms with Crippen molar-refractivity contribution in [3.63, 3.8) is 0 Å². The molecular formula is C31H34F2N8O3. The van der Waals surface area contributed by atoms with Crippen molar-refractivity contribution in [1.82, 2.24) is 19.6 Å². The Hall–Kier alpha value is -4.38. The molecule has 2 aliphatic heterocycles. The molecule has 3 aromatic heterocycles. The Morgan fingerprint density at radius 1 is 1.14 bits per heavy atom. The zero-order chi connectivity index (χ0) is 30.6. The van der Waals surface area contributed by atoms with E-state index in [0.29, 0.717) is 69.3 Å². The third-order valence-corrected chi connectivity index (χ3v) is 7.96. The van der Waals surface area contributed by atoms with Gasteiger partial charge < -0.3 is 30.2 Å². The Morgan fingerprint density at radius 2 is 1.93 bits per heavy atom. The van der Waals surface area contributed by atoms with Gasteiger partial charge in [-0.2, -0.15) is 14.9 Å². The molecule has 11 nitrogen and oxygen atoms in total. The average molecular weight is 605 g/mol. The topological polar surface area (TPSA) is 136 Å². The molecule has 0 radical (unpaired) electrons. The van der Waals surface area contributed by atoms with Gasteiger partial charge in [0.15, 0.2) is 0 Å². The first-order valence-corrected chi connectivity index (χ1v) is 14.7. The molecule has 0 saturated carbocycles. The normalized spacial score (nSPS) is 20.9. The zero-order valence-corrected chi connectivity index (χ0v) is 24.3. The standard InChI is InChI=1S/C31H34F2N8O3/c1-19-17-40(18-25(35)30(19)43-10-2-8-34)28-5-9-36-16-27(28)38-31-37-15-20-3-4-26(39-41(20)31)29-23(32)13-22(14-24(29)33)44-21-6-11-42-12-7-21/h3-5,9,13-16,19,21,25,30H,2,6-7,10-12,17-18,35H2,1H3,(H,37,38). The van der Waals surface area contributed by atoms with Crippen LogP contribution in [0, 0.1) is 28.9 Å². The molecule has 0 amide bonds. The van der Waals surface area contributed by atoms with E-state index in [1.165, 1.54) is 16.6 Å². The van der Waals surface area contributed by atoms with Crippen LogP contribution in [0.3, 0.4) is 0 Å². The molecule has 230 valence electrons. The number of imidazole rings is 1. The van der Waals surface area contributed by atoms with Gasteiger partial charge in [-0.25, -0.2) is 13.8 Å². The number of benzene rings is 1. The molecule has 13 heteroatoms. The molecule has 3 N–H and O–H groups in total. The van der Waals surface area contributed by atoms with Crippen LogP contribution in [0.15, 0.2) is 48.9 Å². The van der Waals surface area contributed by atoms with Crippen LogP contribution >= 0.6 is 0 Å². The van der Waals surface area contributed by atoms with Crippen LogP contribution in [-0.2, 0) is 9.47 Å². The lowest BCUT2D eigenvalue weighted by Gasteiger charge is -2.42. The van der Waals surface area contributed by atoms with Gasteiger partial charge in [0.1, 0.15) is 23.5 Å². The summed E-state index contributed by atoms with van der Waals surface area (Å²) in [6, 6.07) is 9.38. The number of fused-ring (bicyclic) bond motifs is 1. The molecule has 1 aromatic carbocycles. The lowest BCUT2D eigenvalue weighted by atomic mass is 9.92. The van der Waals surface area contributed by atoms with Crippen molar-refractivity contribution in [2.45, 2.75) is 44.4 Å². The SMILES string of the molecule is CC1CN(c2ccncc2Nc2ncc3ccc(-c4c(F)cc(OC5CCOCC5)cc4F)nn23)CC(N)C1OCCC#N. The fourth-order valence-corrected chi connectivity index (χ4v) is 5.86. The second-order valence-corrected chi connectivity index (χ2v) is 11.1. The number of halogens is 2. The summed E-state index contributed by atoms with van der Waals surface area (Å²) in [6.45, 7) is 4.77. The second kappa shape index (κ2) is 13.1. The van der Waals surface area contributed by atoms with E-state index in [1.54, 1.807) is 30.7 Å². The van der Waals surface area contributed by atoms with E-state index in [4.69, 9.17) is 25.2 Å². The fraction of sp³-hybridized carbons (Fsp3) is 0.419. The predicted molar refractivity (Wildman–Crippen MR) is 160 cm³/mol. The summed E-state index contributed by atoms with van der Waals surface area (Å²) in [5, 5.41) is 16.7. The van der Waals surface area contributed by atoms with Crippen molar-refractivity contribution in [2.24, 2.45) is 11.7 Å². The first-order valence-electron chi connectivity index (χ1n) is 14.7. The molecule has 44 heavy (non-hydrogen) atoms. The molecule has 2 fully saturated rings. The lowest BCUT2D eigenvalue weighted by molar-refractivity contribution is -0.00331. The smallest absolute Gasteiger partial charge is 0.229 e. The van der Waals surface area contributed by atoms with E-state index in [2.05, 4.69) is 38.3 Å². The van der Waals surface area contributed by atoms with Crippen molar-refractivity contribution >= 4 is 22.8 Å². The maximum absolute atomic E-state index is 15.3. The van der Waals surface area contributed by atoms with Gasteiger partial charge >= 0.3 is 0 Å². The maximum atomic E-state index is 15.3. The molecule has 2 saturated heterocycles. The molecule has 0 spiro atoms. The predicted octanol–water partition coefficient (Wildman–Crippen LogP) is 4.45. The summed E-state index contributed by atoms with van der Waals surface area (Å²) in [5.74, 6) is -0.934. The number of ether oxygens (including phenoxy) is 3. The van der Waals surface area contributed by atoms with Crippen LogP contribution in [-0.4, -0.2) is 70.7 Å². The van der Waals surface area contributed by atoms with E-state index in [1.807, 2.05) is 6.07 Å². The molecule has 0 bridgehead atoms. The van der Waals surface area contributed by atoms with Gasteiger partial charge in [0.2, 0.25) is 5.95 Å². The number of nitriles is 1. The van der Waals surface area contributed by atoms with Crippen molar-refractivity contribution in [3.05, 3.63) is 60.6 Å². The van der Waals surface area contributed by atoms with Gasteiger partial charge in [0.25, 0.3) is 0 Å². The lowest BCUT2D eigenvalue weighted by Crippen LogP contribution is -2.56. The second-order valence-electron chi connectivity index (χ2n) is 11.1. The van der Waals surface area contributed by atoms with Crippen molar-refractivity contribution < 1.29 is 23.0 Å². The number of rotatable bonds is 9. The Labute approximate surface area is 253 Å². The van der Waals surface area contributed by atoms with E-state index in [0.717, 1.165) is 5.69 Å². The summed E-state index contributed by atoms with van der Waals surface area (Å²) in [5.41, 5.74) is 8.52. The third kappa shape index (κ3) is 6.28. The highest BCUT2D eigenvalue weighted by molar-refractivity contribution is 5.74. The monoisotopic (exact) mass is 604 g/mol. The number of anilines is 3. The molecule has 0 aliphatic carbocycles. The van der Waals surface area contributed by atoms with E-state index in [9.17, 15) is 0 Å². The number of aromatic nitrogens is 4. The minimum absolute atomic E-state index is 0.107. The number of hydrogen-bond donors (Lipinski definition) is 2. The number of nitrogens with one attached hydrogen (secondary N) is 1. The highest BCUT2D eigenvalue weighted by Crippen LogP contribution is 2.33. The average Bonchev–Trinajstić information content (AvgIpc) is 3.41. The molecule has 4 aromatic rings. The minimum Gasteiger partial charge on any atom is -0.490 e. The van der Waals surface area contributed by atoms with Crippen LogP contribution in [0.5, 0.6) is 5.75 Å². The maximum Gasteiger partial charge on any atom is 0.229 e. The Kier molecular flexibility index (Phi) is 8.83. The summed E-state index contributed by atoms with van der Waals surface area (Å²) in [6.07, 6.45) is 6.36. The molecular weight excluding hydrogens is 570 g/mol. The molecule has 2 aliphatic rings. The van der Waals surface area contributed by atoms with Gasteiger partial charge in [0.05, 0.1) is 79.0 Å². The zero-order valence-electron chi connectivity index (χ0n) is 24.3. The largest absolute Gasteiger partial charge is 0.490 e. The van der Waals surface area contributed by atoms with Gasteiger partial charge in [-0.15, -0.1) is 0 Å². The van der Waals surface area contributed by atoms with Gasteiger partial charge in [0, 0.05) is 56.2 Å². The summed E-state index contributed by atoms with van der Waals surface area (Å²) >= 11 is 0. The first-order chi connectivity index (χ1) is 21.4. The van der Waals surface area contributed by atoms with E-state index >= 15 is 8.78 Å². The summed E-state index contributed by atoms with van der Waals surface area (Å²) < 4.78 is 49.1. The van der Waals surface area contributed by atoms with Crippen LogP contribution < -0.4 is 20.7 Å². The molecule has 6 rings (SSSR count). The van der Waals surface area contributed by atoms with E-state index in [-0.39, 0.29) is 41.2 Å². The Morgan fingerprint density at radius 3 is 2.68 bits per heavy atom. The highest BCUT2D eigenvalue weighted by Gasteiger charge is 2.34. The molecule has 3 atom stereocenters. The van der Waals surface area contributed by atoms with Crippen LogP contribution in [0.1, 0.15) is 26.2 Å². The molecule has 3 unspecified atom stereocenters. The Bertz CT molecular complexity index is 1620. The van der Waals surface area contributed by atoms with Crippen LogP contribution in [0.2, 0.25) is 0 Å². The number of hydrogen-bond acceptors (Lipinski definition) is 10. The minimum atomic E-state index is -0.770. The summed E-state index contributed by atoms with van der Waals surface area (Å²) in [4.78, 5) is 10.9. The third-order valence-electron chi connectivity index (χ3n) is 7.96. The quantitative estimate of drug-likeness (QED) is 0.264. The first kappa shape index (κ1) is 29.7. The Balaban J connectivity index is 1.23. The van der Waals surface area contributed by atoms with Crippen LogP contribution in [0.4, 0.5) is 26.1 Å². The molecule has 5 heterocycles. The van der Waals surface area contributed by atoms with E-state index < -0.39 is 11.6 Å². The van der Waals surface area contributed by atoms with Gasteiger partial charge in [-0.1, -0.05) is 6.92 Å². The number of nitrogens with zero attached hydrogens (tertiary/aromatic N) is 6. The van der Waals surface area contributed by atoms with Crippen LogP contribution in [0.25, 0.3) is 16.8 Å².